The van der Waals surface area contributed by atoms with Crippen molar-refractivity contribution in [1.82, 2.24) is 15.1 Å². The highest BCUT2D eigenvalue weighted by Gasteiger charge is 2.30. The van der Waals surface area contributed by atoms with Crippen molar-refractivity contribution in [2.45, 2.75) is 63.8 Å². The molecule has 33 heavy (non-hydrogen) atoms. The summed E-state index contributed by atoms with van der Waals surface area (Å²) >= 11 is 12.7. The number of rotatable bonds is 4. The predicted octanol–water partition coefficient (Wildman–Crippen LogP) is 7.10. The lowest BCUT2D eigenvalue weighted by Gasteiger charge is -2.19. The van der Waals surface area contributed by atoms with Gasteiger partial charge in [-0.2, -0.15) is 5.10 Å². The smallest absolute Gasteiger partial charge is 0.272 e. The molecule has 1 saturated carbocycles. The molecule has 7 heteroatoms. The second-order valence-electron chi connectivity index (χ2n) is 8.93. The van der Waals surface area contributed by atoms with E-state index in [-0.39, 0.29) is 11.9 Å². The number of carbonyl (C=O) groups is 1. The molecule has 5 nitrogen and oxygen atoms in total. The summed E-state index contributed by atoms with van der Waals surface area (Å²) in [6.45, 7) is 0. The van der Waals surface area contributed by atoms with E-state index in [0.717, 1.165) is 67.3 Å². The molecule has 0 aliphatic heterocycles. The van der Waals surface area contributed by atoms with Crippen molar-refractivity contribution in [2.24, 2.45) is 0 Å². The van der Waals surface area contributed by atoms with Gasteiger partial charge in [0.05, 0.1) is 28.9 Å². The molecule has 2 aromatic heterocycles. The van der Waals surface area contributed by atoms with Crippen molar-refractivity contribution in [3.05, 3.63) is 69.4 Å². The zero-order valence-electron chi connectivity index (χ0n) is 18.4. The van der Waals surface area contributed by atoms with Crippen LogP contribution in [0.4, 0.5) is 0 Å². The SMILES string of the molecule is O=C(NC1CCCCCC1)c1nn(-c2ccc(Cl)cc2Cl)c2c1CCC/C2=C\c1ccoc1. The monoisotopic (exact) mass is 483 g/mol. The molecule has 172 valence electrons. The number of fused-ring (bicyclic) bond motifs is 1. The Kier molecular flexibility index (Phi) is 6.61. The number of carbonyl (C=O) groups excluding carboxylic acids is 1. The van der Waals surface area contributed by atoms with E-state index < -0.39 is 0 Å². The second kappa shape index (κ2) is 9.78. The van der Waals surface area contributed by atoms with Gasteiger partial charge in [-0.15, -0.1) is 0 Å². The van der Waals surface area contributed by atoms with Crippen molar-refractivity contribution >= 4 is 40.8 Å². The first-order chi connectivity index (χ1) is 16.1. The minimum absolute atomic E-state index is 0.0912. The predicted molar refractivity (Wildman–Crippen MR) is 132 cm³/mol. The lowest BCUT2D eigenvalue weighted by molar-refractivity contribution is 0.0927. The number of hydrogen-bond acceptors (Lipinski definition) is 3. The highest BCUT2D eigenvalue weighted by molar-refractivity contribution is 6.35. The van der Waals surface area contributed by atoms with Crippen LogP contribution in [0, 0.1) is 0 Å². The van der Waals surface area contributed by atoms with Crippen LogP contribution in [0.15, 0.2) is 41.2 Å². The van der Waals surface area contributed by atoms with Gasteiger partial charge < -0.3 is 9.73 Å². The fourth-order valence-corrected chi connectivity index (χ4v) is 5.47. The molecule has 0 atom stereocenters. The zero-order chi connectivity index (χ0) is 22.8. The van der Waals surface area contributed by atoms with Crippen LogP contribution in [-0.2, 0) is 6.42 Å². The van der Waals surface area contributed by atoms with Gasteiger partial charge in [0, 0.05) is 22.2 Å². The molecule has 0 saturated heterocycles. The number of allylic oxidation sites excluding steroid dienone is 1. The van der Waals surface area contributed by atoms with E-state index in [2.05, 4.69) is 11.4 Å². The molecule has 2 aliphatic carbocycles. The van der Waals surface area contributed by atoms with Gasteiger partial charge in [0.2, 0.25) is 0 Å². The van der Waals surface area contributed by atoms with Gasteiger partial charge in [0.25, 0.3) is 5.91 Å². The Morgan fingerprint density at radius 1 is 1.09 bits per heavy atom. The number of furan rings is 1. The fourth-order valence-electron chi connectivity index (χ4n) is 4.98. The van der Waals surface area contributed by atoms with Crippen molar-refractivity contribution in [3.63, 3.8) is 0 Å². The summed E-state index contributed by atoms with van der Waals surface area (Å²) in [7, 11) is 0. The number of nitrogens with one attached hydrogen (secondary N) is 1. The molecule has 1 fully saturated rings. The Labute approximate surface area is 203 Å². The molecule has 0 unspecified atom stereocenters. The van der Waals surface area contributed by atoms with Crippen LogP contribution in [-0.4, -0.2) is 21.7 Å². The first-order valence-electron chi connectivity index (χ1n) is 11.7. The van der Waals surface area contributed by atoms with Gasteiger partial charge in [-0.25, -0.2) is 4.68 Å². The Hall–Kier alpha value is -2.50. The van der Waals surface area contributed by atoms with Crippen LogP contribution < -0.4 is 5.32 Å². The van der Waals surface area contributed by atoms with E-state index in [1.54, 1.807) is 24.7 Å². The summed E-state index contributed by atoms with van der Waals surface area (Å²) in [4.78, 5) is 13.4. The number of amides is 1. The van der Waals surface area contributed by atoms with Gasteiger partial charge in [-0.1, -0.05) is 48.9 Å². The topological polar surface area (TPSA) is 60.1 Å². The Morgan fingerprint density at radius 3 is 2.64 bits per heavy atom. The Balaban J connectivity index is 1.59. The van der Waals surface area contributed by atoms with E-state index in [4.69, 9.17) is 32.7 Å². The third-order valence-corrected chi connectivity index (χ3v) is 7.13. The molecule has 1 N–H and O–H groups in total. The van der Waals surface area contributed by atoms with Crippen LogP contribution in [0.5, 0.6) is 0 Å². The first-order valence-corrected chi connectivity index (χ1v) is 12.5. The van der Waals surface area contributed by atoms with Crippen molar-refractivity contribution in [1.29, 1.82) is 0 Å². The van der Waals surface area contributed by atoms with Crippen molar-refractivity contribution in [2.75, 3.05) is 0 Å². The van der Waals surface area contributed by atoms with E-state index in [9.17, 15) is 4.79 Å². The maximum absolute atomic E-state index is 13.4. The first kappa shape index (κ1) is 22.3. The second-order valence-corrected chi connectivity index (χ2v) is 9.77. The van der Waals surface area contributed by atoms with Crippen molar-refractivity contribution in [3.8, 4) is 5.69 Å². The minimum Gasteiger partial charge on any atom is -0.472 e. The average Bonchev–Trinajstić information content (AvgIpc) is 3.37. The number of hydrogen-bond donors (Lipinski definition) is 1. The summed E-state index contributed by atoms with van der Waals surface area (Å²) in [5.41, 5.74) is 5.23. The van der Waals surface area contributed by atoms with Crippen LogP contribution in [0.3, 0.4) is 0 Å². The third kappa shape index (κ3) is 4.75. The average molecular weight is 484 g/mol. The van der Waals surface area contributed by atoms with E-state index >= 15 is 0 Å². The molecular weight excluding hydrogens is 457 g/mol. The van der Waals surface area contributed by atoms with Crippen LogP contribution >= 0.6 is 23.2 Å². The molecule has 3 aromatic rings. The molecule has 2 heterocycles. The Bertz CT molecular complexity index is 1170. The van der Waals surface area contributed by atoms with Crippen LogP contribution in [0.25, 0.3) is 17.3 Å². The standard InChI is InChI=1S/C26H27Cl2N3O2/c27-19-10-11-23(22(28)15-19)31-25-18(14-17-12-13-33-16-17)6-5-9-21(25)24(30-31)26(32)29-20-7-3-1-2-4-8-20/h10-16,20H,1-9H2,(H,29,32)/b18-14+. The molecule has 0 bridgehead atoms. The normalized spacial score (nSPS) is 18.2. The van der Waals surface area contributed by atoms with Gasteiger partial charge in [0.1, 0.15) is 0 Å². The van der Waals surface area contributed by atoms with Gasteiger partial charge in [-0.05, 0) is 68.0 Å². The van der Waals surface area contributed by atoms with Crippen LogP contribution in [0.1, 0.15) is 78.7 Å². The summed E-state index contributed by atoms with van der Waals surface area (Å²) < 4.78 is 7.08. The highest BCUT2D eigenvalue weighted by Crippen LogP contribution is 2.37. The summed E-state index contributed by atoms with van der Waals surface area (Å²) in [5, 5.41) is 9.16. The minimum atomic E-state index is -0.0912. The molecule has 1 aromatic carbocycles. The quantitative estimate of drug-likeness (QED) is 0.402. The molecule has 2 aliphatic rings. The van der Waals surface area contributed by atoms with E-state index in [1.165, 1.54) is 12.8 Å². The van der Waals surface area contributed by atoms with Gasteiger partial charge in [0.15, 0.2) is 5.69 Å². The maximum Gasteiger partial charge on any atom is 0.272 e. The molecule has 1 amide bonds. The van der Waals surface area contributed by atoms with Crippen molar-refractivity contribution < 1.29 is 9.21 Å². The summed E-state index contributed by atoms with van der Waals surface area (Å²) in [5.74, 6) is -0.0912. The van der Waals surface area contributed by atoms with Gasteiger partial charge >= 0.3 is 0 Å². The zero-order valence-corrected chi connectivity index (χ0v) is 20.0. The number of halogens is 2. The third-order valence-electron chi connectivity index (χ3n) is 6.59. The number of aromatic nitrogens is 2. The van der Waals surface area contributed by atoms with Crippen LogP contribution in [0.2, 0.25) is 10.0 Å². The lowest BCUT2D eigenvalue weighted by Crippen LogP contribution is -2.35. The lowest BCUT2D eigenvalue weighted by atomic mass is 9.90. The highest BCUT2D eigenvalue weighted by atomic mass is 35.5. The molecule has 5 rings (SSSR count). The van der Waals surface area contributed by atoms with E-state index in [1.807, 2.05) is 16.8 Å². The molecule has 0 spiro atoms. The number of benzene rings is 1. The summed E-state index contributed by atoms with van der Waals surface area (Å²) in [6, 6.07) is 7.50. The number of nitrogens with zero attached hydrogens (tertiary/aromatic N) is 2. The fraction of sp³-hybridized carbons (Fsp3) is 0.385. The van der Waals surface area contributed by atoms with E-state index in [0.29, 0.717) is 21.4 Å². The molecule has 0 radical (unpaired) electrons. The Morgan fingerprint density at radius 2 is 1.91 bits per heavy atom. The maximum atomic E-state index is 13.4. The summed E-state index contributed by atoms with van der Waals surface area (Å²) in [6.07, 6.45) is 15.0. The molecular formula is C26H27Cl2N3O2. The van der Waals surface area contributed by atoms with Gasteiger partial charge in [-0.3, -0.25) is 4.79 Å². The largest absolute Gasteiger partial charge is 0.472 e.